The number of ether oxygens (including phenoxy) is 2. The molecule has 0 atom stereocenters. The van der Waals surface area contributed by atoms with Crippen LogP contribution in [0, 0.1) is 6.92 Å². The molecule has 6 heteroatoms. The topological polar surface area (TPSA) is 65.0 Å². The highest BCUT2D eigenvalue weighted by molar-refractivity contribution is 5.90. The number of esters is 1. The average Bonchev–Trinajstić information content (AvgIpc) is 3.13. The van der Waals surface area contributed by atoms with Gasteiger partial charge >= 0.3 is 5.97 Å². The van der Waals surface area contributed by atoms with Gasteiger partial charge in [0.05, 0.1) is 33.1 Å². The van der Waals surface area contributed by atoms with Crippen LogP contribution in [0.2, 0.25) is 0 Å². The monoisotopic (exact) mass is 307 g/mol. The van der Waals surface area contributed by atoms with Crippen LogP contribution in [0.3, 0.4) is 0 Å². The highest BCUT2D eigenvalue weighted by atomic mass is 16.5. The van der Waals surface area contributed by atoms with Crippen LogP contribution in [0.15, 0.2) is 33.3 Å². The Morgan fingerprint density at radius 1 is 1.27 bits per heavy atom. The smallest absolute Gasteiger partial charge is 0.341 e. The molecule has 0 amide bonds. The first-order valence-corrected chi connectivity index (χ1v) is 7.05. The molecule has 0 aliphatic rings. The lowest BCUT2D eigenvalue weighted by molar-refractivity contribution is 0.0599. The Morgan fingerprint density at radius 3 is 2.68 bits per heavy atom. The van der Waals surface area contributed by atoms with E-state index < -0.39 is 0 Å². The zero-order valence-electron chi connectivity index (χ0n) is 13.1. The summed E-state index contributed by atoms with van der Waals surface area (Å²) in [4.78, 5) is 13.8. The molecule has 0 N–H and O–H groups in total. The molecule has 0 unspecified atom stereocenters. The van der Waals surface area contributed by atoms with Crippen LogP contribution in [0.1, 0.15) is 27.6 Å². The molecule has 0 saturated carbocycles. The second-order valence-corrected chi connectivity index (χ2v) is 4.96. The minimum absolute atomic E-state index is 0.387. The molecule has 0 fully saturated rings. The van der Waals surface area contributed by atoms with Gasteiger partial charge in [0.25, 0.3) is 0 Å². The molecule has 22 heavy (non-hydrogen) atoms. The van der Waals surface area contributed by atoms with Crippen LogP contribution < -0.4 is 0 Å². The predicted molar refractivity (Wildman–Crippen MR) is 79.5 cm³/mol. The van der Waals surface area contributed by atoms with Gasteiger partial charge in [0.1, 0.15) is 22.8 Å². The normalized spacial score (nSPS) is 11.1. The molecule has 0 saturated heterocycles. The lowest BCUT2D eigenvalue weighted by Gasteiger charge is -2.19. The van der Waals surface area contributed by atoms with E-state index >= 15 is 0 Å². The first-order chi connectivity index (χ1) is 10.6. The number of hydrogen-bond donors (Lipinski definition) is 0. The molecule has 2 aromatic rings. The third-order valence-corrected chi connectivity index (χ3v) is 3.32. The number of rotatable bonds is 8. The lowest BCUT2D eigenvalue weighted by Crippen LogP contribution is -2.26. The minimum atomic E-state index is -0.387. The van der Waals surface area contributed by atoms with E-state index in [-0.39, 0.29) is 5.97 Å². The maximum Gasteiger partial charge on any atom is 0.341 e. The summed E-state index contributed by atoms with van der Waals surface area (Å²) in [5.74, 6) is 1.75. The molecule has 0 radical (unpaired) electrons. The second kappa shape index (κ2) is 7.82. The standard InChI is InChI=1S/C16H21NO5/c1-12-15(16(18)20-3)9-14(22-12)11-17(6-8-19-2)10-13-5-4-7-21-13/h4-5,7,9H,6,8,10-11H2,1-3H3. The summed E-state index contributed by atoms with van der Waals surface area (Å²) in [6.07, 6.45) is 1.65. The molecule has 120 valence electrons. The quantitative estimate of drug-likeness (QED) is 0.699. The Bertz CT molecular complexity index is 588. The van der Waals surface area contributed by atoms with Crippen molar-refractivity contribution in [2.24, 2.45) is 0 Å². The fourth-order valence-electron chi connectivity index (χ4n) is 2.21. The molecule has 2 aromatic heterocycles. The fraction of sp³-hybridized carbons (Fsp3) is 0.438. The first-order valence-electron chi connectivity index (χ1n) is 7.05. The summed E-state index contributed by atoms with van der Waals surface area (Å²) in [7, 11) is 3.02. The summed E-state index contributed by atoms with van der Waals surface area (Å²) in [5, 5.41) is 0. The average molecular weight is 307 g/mol. The van der Waals surface area contributed by atoms with Crippen LogP contribution in [-0.4, -0.2) is 38.2 Å². The largest absolute Gasteiger partial charge is 0.468 e. The van der Waals surface area contributed by atoms with E-state index in [1.165, 1.54) is 7.11 Å². The molecule has 0 aliphatic carbocycles. The Hall–Kier alpha value is -2.05. The van der Waals surface area contributed by atoms with Gasteiger partial charge < -0.3 is 18.3 Å². The highest BCUT2D eigenvalue weighted by Gasteiger charge is 2.17. The molecule has 6 nitrogen and oxygen atoms in total. The third kappa shape index (κ3) is 4.22. The Kier molecular flexibility index (Phi) is 5.80. The molecule has 0 aliphatic heterocycles. The second-order valence-electron chi connectivity index (χ2n) is 4.96. The molecule has 0 spiro atoms. The maximum absolute atomic E-state index is 11.6. The van der Waals surface area contributed by atoms with Crippen molar-refractivity contribution in [3.05, 3.63) is 47.3 Å². The number of furan rings is 2. The number of aryl methyl sites for hydroxylation is 1. The van der Waals surface area contributed by atoms with E-state index in [1.807, 2.05) is 12.1 Å². The van der Waals surface area contributed by atoms with E-state index in [0.29, 0.717) is 36.8 Å². The van der Waals surface area contributed by atoms with Gasteiger partial charge in [-0.25, -0.2) is 4.79 Å². The van der Waals surface area contributed by atoms with Crippen LogP contribution in [0.5, 0.6) is 0 Å². The van der Waals surface area contributed by atoms with E-state index in [4.69, 9.17) is 18.3 Å². The Morgan fingerprint density at radius 2 is 2.05 bits per heavy atom. The number of carbonyl (C=O) groups excluding carboxylic acids is 1. The van der Waals surface area contributed by atoms with Gasteiger partial charge in [0.2, 0.25) is 0 Å². The predicted octanol–water partition coefficient (Wildman–Crippen LogP) is 2.62. The summed E-state index contributed by atoms with van der Waals surface area (Å²) in [6, 6.07) is 5.51. The summed E-state index contributed by atoms with van der Waals surface area (Å²) in [5.41, 5.74) is 0.460. The van der Waals surface area contributed by atoms with Crippen molar-refractivity contribution in [2.45, 2.75) is 20.0 Å². The van der Waals surface area contributed by atoms with Gasteiger partial charge in [0, 0.05) is 13.7 Å². The van der Waals surface area contributed by atoms with Crippen molar-refractivity contribution >= 4 is 5.97 Å². The van der Waals surface area contributed by atoms with Crippen LogP contribution in [0.4, 0.5) is 0 Å². The summed E-state index contributed by atoms with van der Waals surface area (Å²) in [6.45, 7) is 4.28. The Balaban J connectivity index is 2.07. The van der Waals surface area contributed by atoms with Crippen molar-refractivity contribution in [1.29, 1.82) is 0 Å². The maximum atomic E-state index is 11.6. The van der Waals surface area contributed by atoms with Gasteiger partial charge in [-0.15, -0.1) is 0 Å². The zero-order valence-corrected chi connectivity index (χ0v) is 13.1. The third-order valence-electron chi connectivity index (χ3n) is 3.32. The fourth-order valence-corrected chi connectivity index (χ4v) is 2.21. The van der Waals surface area contributed by atoms with E-state index in [0.717, 1.165) is 12.3 Å². The van der Waals surface area contributed by atoms with Gasteiger partial charge in [0.15, 0.2) is 0 Å². The lowest BCUT2D eigenvalue weighted by atomic mass is 10.2. The van der Waals surface area contributed by atoms with Crippen LogP contribution >= 0.6 is 0 Å². The van der Waals surface area contributed by atoms with Crippen molar-refractivity contribution in [3.8, 4) is 0 Å². The number of nitrogens with zero attached hydrogens (tertiary/aromatic N) is 1. The van der Waals surface area contributed by atoms with Gasteiger partial charge in [-0.1, -0.05) is 0 Å². The van der Waals surface area contributed by atoms with Crippen LogP contribution in [-0.2, 0) is 22.6 Å². The highest BCUT2D eigenvalue weighted by Crippen LogP contribution is 2.18. The van der Waals surface area contributed by atoms with Gasteiger partial charge in [-0.3, -0.25) is 4.90 Å². The summed E-state index contributed by atoms with van der Waals surface area (Å²) >= 11 is 0. The van der Waals surface area contributed by atoms with E-state index in [2.05, 4.69) is 4.90 Å². The minimum Gasteiger partial charge on any atom is -0.468 e. The first kappa shape index (κ1) is 16.3. The number of carbonyl (C=O) groups is 1. The molecular formula is C16H21NO5. The molecule has 0 bridgehead atoms. The van der Waals surface area contributed by atoms with Crippen molar-refractivity contribution < 1.29 is 23.1 Å². The van der Waals surface area contributed by atoms with E-state index in [1.54, 1.807) is 26.4 Å². The zero-order chi connectivity index (χ0) is 15.9. The number of methoxy groups -OCH3 is 2. The van der Waals surface area contributed by atoms with E-state index in [9.17, 15) is 4.79 Å². The molecule has 0 aromatic carbocycles. The van der Waals surface area contributed by atoms with Crippen molar-refractivity contribution in [3.63, 3.8) is 0 Å². The van der Waals surface area contributed by atoms with Crippen molar-refractivity contribution in [1.82, 2.24) is 4.90 Å². The summed E-state index contributed by atoms with van der Waals surface area (Å²) < 4.78 is 20.9. The molecule has 2 rings (SSSR count). The molecule has 2 heterocycles. The van der Waals surface area contributed by atoms with Crippen LogP contribution in [0.25, 0.3) is 0 Å². The SMILES string of the molecule is COCCN(Cc1ccco1)Cc1cc(C(=O)OC)c(C)o1. The van der Waals surface area contributed by atoms with Gasteiger partial charge in [-0.2, -0.15) is 0 Å². The van der Waals surface area contributed by atoms with Gasteiger partial charge in [-0.05, 0) is 25.1 Å². The Labute approximate surface area is 129 Å². The number of hydrogen-bond acceptors (Lipinski definition) is 6. The van der Waals surface area contributed by atoms with Crippen molar-refractivity contribution in [2.75, 3.05) is 27.4 Å². The molecular weight excluding hydrogens is 286 g/mol.